The number of fused-ring (bicyclic) bond motifs is 1. The molecule has 0 unspecified atom stereocenters. The Morgan fingerprint density at radius 3 is 2.75 bits per heavy atom. The van der Waals surface area contributed by atoms with Gasteiger partial charge in [0, 0.05) is 26.7 Å². The minimum atomic E-state index is 0. The highest BCUT2D eigenvalue weighted by atomic mass is 35.5. The summed E-state index contributed by atoms with van der Waals surface area (Å²) in [5, 5.41) is 3.40. The number of nitrogens with two attached hydrogens (primary N) is 1. The second-order valence-electron chi connectivity index (χ2n) is 4.91. The van der Waals surface area contributed by atoms with Crippen LogP contribution in [0.25, 0.3) is 0 Å². The number of nitrogens with one attached hydrogen (secondary N) is 1. The summed E-state index contributed by atoms with van der Waals surface area (Å²) >= 11 is 1.76. The second kappa shape index (κ2) is 5.41. The fourth-order valence-corrected chi connectivity index (χ4v) is 3.13. The summed E-state index contributed by atoms with van der Waals surface area (Å²) in [7, 11) is 4.10. The lowest BCUT2D eigenvalue weighted by molar-refractivity contribution is -0.00000391. The van der Waals surface area contributed by atoms with Gasteiger partial charge < -0.3 is 28.4 Å². The lowest BCUT2D eigenvalue weighted by atomic mass is 10.1. The number of allylic oxidation sites excluding steroid dienone is 3. The number of hydrogen-bond acceptors (Lipinski definition) is 4. The SMILES string of the molecule is CC1=CC2=C([C+]=C1N)Nc1ccc(N(C)C)cc1S2.[Cl-]. The Morgan fingerprint density at radius 2 is 2.05 bits per heavy atom. The van der Waals surface area contributed by atoms with Crippen LogP contribution in [0.2, 0.25) is 0 Å². The fraction of sp³-hybridized carbons (Fsp3) is 0.200. The molecule has 1 aromatic rings. The second-order valence-corrected chi connectivity index (χ2v) is 5.99. The molecule has 0 amide bonds. The number of rotatable bonds is 1. The maximum absolute atomic E-state index is 5.92. The predicted molar refractivity (Wildman–Crippen MR) is 82.0 cm³/mol. The Kier molecular flexibility index (Phi) is 4.00. The molecule has 1 aliphatic carbocycles. The molecule has 3 rings (SSSR count). The van der Waals surface area contributed by atoms with Gasteiger partial charge in [0.05, 0.1) is 28.3 Å². The van der Waals surface area contributed by atoms with Crippen LogP contribution in [0.3, 0.4) is 0 Å². The van der Waals surface area contributed by atoms with Crippen LogP contribution in [0, 0.1) is 6.08 Å². The van der Waals surface area contributed by atoms with Crippen LogP contribution in [-0.4, -0.2) is 14.1 Å². The first kappa shape index (κ1) is 14.8. The largest absolute Gasteiger partial charge is 1.00 e. The molecule has 0 radical (unpaired) electrons. The number of anilines is 2. The van der Waals surface area contributed by atoms with Crippen molar-refractivity contribution < 1.29 is 12.4 Å². The Bertz CT molecular complexity index is 645. The number of thioether (sulfide) groups is 1. The molecule has 1 aliphatic heterocycles. The van der Waals surface area contributed by atoms with Gasteiger partial charge in [0.15, 0.2) is 4.91 Å². The molecule has 0 bridgehead atoms. The van der Waals surface area contributed by atoms with E-state index in [1.807, 2.05) is 6.92 Å². The smallest absolute Gasteiger partial charge is 0.224 e. The minimum absolute atomic E-state index is 0. The quantitative estimate of drug-likeness (QED) is 0.722. The fourth-order valence-electron chi connectivity index (χ4n) is 2.04. The summed E-state index contributed by atoms with van der Waals surface area (Å²) in [6.07, 6.45) is 5.32. The van der Waals surface area contributed by atoms with E-state index in [2.05, 4.69) is 54.7 Å². The minimum Gasteiger partial charge on any atom is -1.00 e. The van der Waals surface area contributed by atoms with E-state index in [4.69, 9.17) is 5.73 Å². The highest BCUT2D eigenvalue weighted by Crippen LogP contribution is 2.43. The van der Waals surface area contributed by atoms with E-state index in [1.165, 1.54) is 15.5 Å². The molecule has 0 fully saturated rings. The first-order valence-electron chi connectivity index (χ1n) is 6.13. The van der Waals surface area contributed by atoms with E-state index in [0.29, 0.717) is 5.70 Å². The molecule has 20 heavy (non-hydrogen) atoms. The molecule has 1 heterocycles. The summed E-state index contributed by atoms with van der Waals surface area (Å²) in [6, 6.07) is 6.40. The number of nitrogens with zero attached hydrogens (tertiary/aromatic N) is 1. The van der Waals surface area contributed by atoms with Crippen LogP contribution in [0.1, 0.15) is 6.92 Å². The van der Waals surface area contributed by atoms with Crippen molar-refractivity contribution in [1.29, 1.82) is 0 Å². The molecule has 0 aromatic heterocycles. The molecule has 0 saturated carbocycles. The average molecular weight is 306 g/mol. The topological polar surface area (TPSA) is 41.3 Å². The van der Waals surface area contributed by atoms with Crippen molar-refractivity contribution in [2.24, 2.45) is 5.73 Å². The molecule has 5 heteroatoms. The maximum atomic E-state index is 5.92. The Labute approximate surface area is 130 Å². The van der Waals surface area contributed by atoms with Gasteiger partial charge in [0.1, 0.15) is 0 Å². The van der Waals surface area contributed by atoms with Gasteiger partial charge in [-0.3, -0.25) is 0 Å². The van der Waals surface area contributed by atoms with Gasteiger partial charge in [-0.1, -0.05) is 0 Å². The van der Waals surface area contributed by atoms with Crippen LogP contribution in [0.4, 0.5) is 11.4 Å². The van der Waals surface area contributed by atoms with E-state index in [0.717, 1.165) is 17.0 Å². The summed E-state index contributed by atoms with van der Waals surface area (Å²) in [6.45, 7) is 2.01. The van der Waals surface area contributed by atoms with Gasteiger partial charge in [0.25, 0.3) is 0 Å². The van der Waals surface area contributed by atoms with Crippen LogP contribution in [0.5, 0.6) is 0 Å². The van der Waals surface area contributed by atoms with Gasteiger partial charge >= 0.3 is 0 Å². The zero-order valence-corrected chi connectivity index (χ0v) is 13.2. The first-order chi connectivity index (χ1) is 9.04. The standard InChI is InChI=1S/C15H16N3S.ClH/c1-9-6-14-13(8-11(9)16)17-12-5-4-10(18(2)3)7-15(12)19-14;/h4-7,17H,16H2,1-3H3;1H/q+1;/p-1. The molecular weight excluding hydrogens is 290 g/mol. The van der Waals surface area contributed by atoms with Gasteiger partial charge in [-0.15, -0.1) is 0 Å². The van der Waals surface area contributed by atoms with Crippen LogP contribution < -0.4 is 28.4 Å². The highest BCUT2D eigenvalue weighted by molar-refractivity contribution is 8.03. The van der Waals surface area contributed by atoms with Gasteiger partial charge in [-0.25, -0.2) is 0 Å². The maximum Gasteiger partial charge on any atom is 0.224 e. The van der Waals surface area contributed by atoms with E-state index in [9.17, 15) is 0 Å². The predicted octanol–water partition coefficient (Wildman–Crippen LogP) is 0.0915. The zero-order chi connectivity index (χ0) is 13.6. The highest BCUT2D eigenvalue weighted by Gasteiger charge is 2.28. The van der Waals surface area contributed by atoms with Gasteiger partial charge in [0.2, 0.25) is 11.4 Å². The normalized spacial score (nSPS) is 15.8. The third-order valence-corrected chi connectivity index (χ3v) is 4.34. The van der Waals surface area contributed by atoms with Crippen molar-refractivity contribution in [2.45, 2.75) is 11.8 Å². The van der Waals surface area contributed by atoms with E-state index < -0.39 is 0 Å². The van der Waals surface area contributed by atoms with Crippen molar-refractivity contribution in [2.75, 3.05) is 24.3 Å². The summed E-state index contributed by atoms with van der Waals surface area (Å²) in [5.41, 5.74) is 11.0. The van der Waals surface area contributed by atoms with Gasteiger partial charge in [-0.2, -0.15) is 0 Å². The van der Waals surface area contributed by atoms with Crippen molar-refractivity contribution in [3.05, 3.63) is 52.2 Å². The van der Waals surface area contributed by atoms with E-state index >= 15 is 0 Å². The summed E-state index contributed by atoms with van der Waals surface area (Å²) in [4.78, 5) is 4.52. The molecule has 0 spiro atoms. The average Bonchev–Trinajstić information content (AvgIpc) is 2.37. The lowest BCUT2D eigenvalue weighted by Gasteiger charge is -2.20. The Hall–Kier alpha value is -1.61. The van der Waals surface area contributed by atoms with Crippen molar-refractivity contribution in [3.63, 3.8) is 0 Å². The Morgan fingerprint density at radius 1 is 1.30 bits per heavy atom. The van der Waals surface area contributed by atoms with E-state index in [-0.39, 0.29) is 12.4 Å². The molecule has 0 saturated heterocycles. The number of hydrogen-bond donors (Lipinski definition) is 2. The number of benzene rings is 1. The van der Waals surface area contributed by atoms with Crippen molar-refractivity contribution >= 4 is 23.1 Å². The third kappa shape index (κ3) is 2.50. The van der Waals surface area contributed by atoms with Crippen molar-refractivity contribution in [1.82, 2.24) is 0 Å². The summed E-state index contributed by atoms with van der Waals surface area (Å²) in [5.74, 6) is 0. The van der Waals surface area contributed by atoms with Crippen LogP contribution in [0.15, 0.2) is 51.0 Å². The van der Waals surface area contributed by atoms with E-state index in [1.54, 1.807) is 11.8 Å². The van der Waals surface area contributed by atoms with Gasteiger partial charge in [-0.05, 0) is 30.0 Å². The zero-order valence-electron chi connectivity index (χ0n) is 11.6. The third-order valence-electron chi connectivity index (χ3n) is 3.24. The summed E-state index contributed by atoms with van der Waals surface area (Å²) < 4.78 is 0. The monoisotopic (exact) mass is 305 g/mol. The lowest BCUT2D eigenvalue weighted by Crippen LogP contribution is -3.00. The molecule has 0 atom stereocenters. The molecule has 104 valence electrons. The first-order valence-corrected chi connectivity index (χ1v) is 6.95. The Balaban J connectivity index is 0.00000147. The van der Waals surface area contributed by atoms with Crippen LogP contribution in [-0.2, 0) is 0 Å². The molecule has 2 aliphatic rings. The molecule has 3 N–H and O–H groups in total. The molecular formula is C15H16ClN3S. The van der Waals surface area contributed by atoms with Crippen LogP contribution >= 0.6 is 11.8 Å². The number of halogens is 1. The molecule has 3 nitrogen and oxygen atoms in total. The van der Waals surface area contributed by atoms with Crippen molar-refractivity contribution in [3.8, 4) is 0 Å². The molecule has 1 aromatic carbocycles.